The van der Waals surface area contributed by atoms with Crippen molar-refractivity contribution in [2.45, 2.75) is 13.0 Å². The first-order valence-corrected chi connectivity index (χ1v) is 9.42. The molecule has 174 valence electrons. The van der Waals surface area contributed by atoms with E-state index in [4.69, 9.17) is 11.5 Å². The largest absolute Gasteiger partial charge is 0.382 e. The summed E-state index contributed by atoms with van der Waals surface area (Å²) in [6.07, 6.45) is 1.48. The number of rotatable bonds is 6. The first kappa shape index (κ1) is 23.9. The first-order valence-electron chi connectivity index (χ1n) is 9.42. The number of aromatic nitrogens is 4. The number of nitrogen functional groups attached to an aromatic ring is 2. The summed E-state index contributed by atoms with van der Waals surface area (Å²) in [6.45, 7) is 4.49. The van der Waals surface area contributed by atoms with Gasteiger partial charge in [-0.3, -0.25) is 9.36 Å². The summed E-state index contributed by atoms with van der Waals surface area (Å²) < 4.78 is 55.7. The van der Waals surface area contributed by atoms with Gasteiger partial charge in [0.1, 0.15) is 40.4 Å². The molecule has 9 nitrogen and oxygen atoms in total. The van der Waals surface area contributed by atoms with Crippen LogP contribution in [0.25, 0.3) is 16.6 Å². The Hall–Kier alpha value is -4.73. The average Bonchev–Trinajstić information content (AvgIpc) is 2.73. The summed E-state index contributed by atoms with van der Waals surface area (Å²) in [5.74, 6) is -4.14. The van der Waals surface area contributed by atoms with Crippen molar-refractivity contribution in [3.63, 3.8) is 0 Å². The van der Waals surface area contributed by atoms with Crippen LogP contribution in [0.3, 0.4) is 0 Å². The molecule has 0 aliphatic rings. The van der Waals surface area contributed by atoms with E-state index in [0.29, 0.717) is 6.07 Å². The van der Waals surface area contributed by atoms with Gasteiger partial charge in [0.25, 0.3) is 5.56 Å². The molecular formula is C21H16F4N8O. The fraction of sp³-hybridized carbons (Fsp3) is 0.0952. The predicted molar refractivity (Wildman–Crippen MR) is 118 cm³/mol. The van der Waals surface area contributed by atoms with Gasteiger partial charge in [0, 0.05) is 6.07 Å². The Bertz CT molecular complexity index is 1470. The summed E-state index contributed by atoms with van der Waals surface area (Å²) in [5, 5.41) is 11.7. The summed E-state index contributed by atoms with van der Waals surface area (Å²) in [5.41, 5.74) is 9.19. The van der Waals surface area contributed by atoms with Gasteiger partial charge in [-0.1, -0.05) is 6.58 Å². The Morgan fingerprint density at radius 3 is 2.62 bits per heavy atom. The highest BCUT2D eigenvalue weighted by Gasteiger charge is 2.23. The highest BCUT2D eigenvalue weighted by molar-refractivity contribution is 5.80. The molecule has 0 fully saturated rings. The van der Waals surface area contributed by atoms with Crippen LogP contribution in [-0.2, 0) is 0 Å². The second-order valence-electron chi connectivity index (χ2n) is 6.87. The Kier molecular flexibility index (Phi) is 6.62. The van der Waals surface area contributed by atoms with Crippen molar-refractivity contribution in [2.75, 3.05) is 16.8 Å². The van der Waals surface area contributed by atoms with E-state index >= 15 is 0 Å². The first-order chi connectivity index (χ1) is 16.1. The SMILES string of the molecule is C=C(F)/C=C(\C=C\F)n1c(C(C)Nc2nc(N)nc(N)c2C#N)nc2c(F)cc(F)cc2c1=O. The van der Waals surface area contributed by atoms with Crippen LogP contribution in [0.1, 0.15) is 24.4 Å². The van der Waals surface area contributed by atoms with Crippen LogP contribution >= 0.6 is 0 Å². The lowest BCUT2D eigenvalue weighted by atomic mass is 10.2. The Morgan fingerprint density at radius 2 is 2.00 bits per heavy atom. The second kappa shape index (κ2) is 9.41. The molecule has 3 rings (SSSR count). The van der Waals surface area contributed by atoms with Crippen molar-refractivity contribution in [2.24, 2.45) is 0 Å². The second-order valence-corrected chi connectivity index (χ2v) is 6.87. The lowest BCUT2D eigenvalue weighted by molar-refractivity contribution is 0.588. The van der Waals surface area contributed by atoms with E-state index in [1.54, 1.807) is 6.07 Å². The normalized spacial score (nSPS) is 12.6. The molecule has 0 amide bonds. The van der Waals surface area contributed by atoms with E-state index in [1.807, 2.05) is 0 Å². The molecule has 13 heteroatoms. The van der Waals surface area contributed by atoms with Gasteiger partial charge in [-0.15, -0.1) is 0 Å². The van der Waals surface area contributed by atoms with Gasteiger partial charge in [0.2, 0.25) is 5.95 Å². The maximum Gasteiger partial charge on any atom is 0.266 e. The summed E-state index contributed by atoms with van der Waals surface area (Å²) >= 11 is 0. The minimum absolute atomic E-state index is 0.0268. The third-order valence-corrected chi connectivity index (χ3v) is 4.52. The van der Waals surface area contributed by atoms with Crippen LogP contribution < -0.4 is 22.3 Å². The van der Waals surface area contributed by atoms with E-state index in [9.17, 15) is 27.6 Å². The van der Waals surface area contributed by atoms with Crippen molar-refractivity contribution in [1.82, 2.24) is 19.5 Å². The molecule has 1 aromatic carbocycles. The molecule has 0 saturated carbocycles. The Balaban J connectivity index is 2.35. The van der Waals surface area contributed by atoms with Gasteiger partial charge in [-0.2, -0.15) is 15.2 Å². The van der Waals surface area contributed by atoms with Crippen molar-refractivity contribution in [1.29, 1.82) is 5.26 Å². The number of benzene rings is 1. The zero-order chi connectivity index (χ0) is 25.2. The fourth-order valence-corrected chi connectivity index (χ4v) is 3.16. The number of nitrogens with one attached hydrogen (secondary N) is 1. The smallest absolute Gasteiger partial charge is 0.266 e. The van der Waals surface area contributed by atoms with Crippen molar-refractivity contribution >= 4 is 34.2 Å². The number of hydrogen-bond donors (Lipinski definition) is 3. The molecule has 0 radical (unpaired) electrons. The molecule has 1 unspecified atom stereocenters. The molecule has 5 N–H and O–H groups in total. The topological polar surface area (TPSA) is 149 Å². The third-order valence-electron chi connectivity index (χ3n) is 4.52. The van der Waals surface area contributed by atoms with Gasteiger partial charge in [0.15, 0.2) is 11.6 Å². The number of nitrogens with zero attached hydrogens (tertiary/aromatic N) is 5. The molecule has 34 heavy (non-hydrogen) atoms. The maximum absolute atomic E-state index is 14.5. The van der Waals surface area contributed by atoms with Crippen LogP contribution in [0, 0.1) is 23.0 Å². The zero-order valence-corrected chi connectivity index (χ0v) is 17.5. The molecule has 2 aromatic heterocycles. The predicted octanol–water partition coefficient (Wildman–Crippen LogP) is 3.48. The van der Waals surface area contributed by atoms with Crippen LogP contribution in [0.2, 0.25) is 0 Å². The zero-order valence-electron chi connectivity index (χ0n) is 17.5. The molecule has 0 spiro atoms. The molecule has 0 aliphatic carbocycles. The van der Waals surface area contributed by atoms with Gasteiger partial charge >= 0.3 is 0 Å². The number of fused-ring (bicyclic) bond motifs is 1. The van der Waals surface area contributed by atoms with Gasteiger partial charge in [0.05, 0.1) is 23.5 Å². The van der Waals surface area contributed by atoms with E-state index in [2.05, 4.69) is 26.8 Å². The van der Waals surface area contributed by atoms with E-state index in [1.165, 1.54) is 6.92 Å². The van der Waals surface area contributed by atoms with Gasteiger partial charge in [-0.05, 0) is 25.1 Å². The Morgan fingerprint density at radius 1 is 1.29 bits per heavy atom. The number of allylic oxidation sites excluding steroid dienone is 4. The monoisotopic (exact) mass is 472 g/mol. The summed E-state index contributed by atoms with van der Waals surface area (Å²) in [7, 11) is 0. The number of halogens is 4. The van der Waals surface area contributed by atoms with E-state index in [0.717, 1.165) is 22.8 Å². The fourth-order valence-electron chi connectivity index (χ4n) is 3.16. The summed E-state index contributed by atoms with van der Waals surface area (Å²) in [6, 6.07) is 2.01. The molecule has 1 atom stereocenters. The highest BCUT2D eigenvalue weighted by Crippen LogP contribution is 2.26. The molecule has 2 heterocycles. The van der Waals surface area contributed by atoms with Crippen LogP contribution in [-0.4, -0.2) is 19.5 Å². The van der Waals surface area contributed by atoms with Crippen LogP contribution in [0.15, 0.2) is 47.8 Å². The minimum Gasteiger partial charge on any atom is -0.382 e. The average molecular weight is 472 g/mol. The van der Waals surface area contributed by atoms with Crippen LogP contribution in [0.4, 0.5) is 35.1 Å². The molecular weight excluding hydrogens is 456 g/mol. The van der Waals surface area contributed by atoms with Crippen molar-refractivity contribution < 1.29 is 17.6 Å². The molecule has 3 aromatic rings. The van der Waals surface area contributed by atoms with E-state index < -0.39 is 40.0 Å². The molecule has 0 saturated heterocycles. The minimum atomic E-state index is -1.14. The number of anilines is 3. The lowest BCUT2D eigenvalue weighted by Gasteiger charge is -2.21. The number of nitriles is 1. The van der Waals surface area contributed by atoms with E-state index in [-0.39, 0.29) is 41.0 Å². The Labute approximate surface area is 189 Å². The van der Waals surface area contributed by atoms with Crippen LogP contribution in [0.5, 0.6) is 0 Å². The van der Waals surface area contributed by atoms with Gasteiger partial charge < -0.3 is 16.8 Å². The molecule has 0 bridgehead atoms. The number of hydrogen-bond acceptors (Lipinski definition) is 8. The molecule has 0 aliphatic heterocycles. The highest BCUT2D eigenvalue weighted by atomic mass is 19.1. The van der Waals surface area contributed by atoms with Crippen molar-refractivity contribution in [3.8, 4) is 6.07 Å². The number of nitrogens with two attached hydrogens (primary N) is 2. The maximum atomic E-state index is 14.5. The third kappa shape index (κ3) is 4.56. The standard InChI is InChI=1S/C21H16F4N8O/c1-9(23)5-12(3-4-22)33-19(30-16-13(20(33)34)6-11(24)7-15(16)25)10(2)29-18-14(8-26)17(27)31-21(28)32-18/h3-7,10H,1H2,2H3,(H5,27,28,29,31,32)/b4-3+,12-5+. The quantitative estimate of drug-likeness (QED) is 0.365. The summed E-state index contributed by atoms with van der Waals surface area (Å²) in [4.78, 5) is 24.9. The van der Waals surface area contributed by atoms with Gasteiger partial charge in [-0.25, -0.2) is 22.5 Å². The lowest BCUT2D eigenvalue weighted by Crippen LogP contribution is -2.28. The van der Waals surface area contributed by atoms with Crippen molar-refractivity contribution in [3.05, 3.63) is 76.4 Å².